The van der Waals surface area contributed by atoms with Crippen LogP contribution in [0.1, 0.15) is 5.56 Å². The lowest BCUT2D eigenvalue weighted by Crippen LogP contribution is -1.89. The van der Waals surface area contributed by atoms with Crippen LogP contribution in [-0.4, -0.2) is 5.33 Å². The Morgan fingerprint density at radius 3 is 2.73 bits per heavy atom. The quantitative estimate of drug-likeness (QED) is 0.728. The summed E-state index contributed by atoms with van der Waals surface area (Å²) in [6.45, 7) is 0. The maximum Gasteiger partial charge on any atom is 0.137 e. The van der Waals surface area contributed by atoms with Crippen molar-refractivity contribution in [2.45, 2.75) is 6.42 Å². The Hall–Kier alpha value is 0.110. The molecule has 0 aliphatic carbocycles. The van der Waals surface area contributed by atoms with Crippen molar-refractivity contribution in [3.05, 3.63) is 34.1 Å². The molecule has 0 spiro atoms. The smallest absolute Gasteiger partial charge is 0.137 e. The summed E-state index contributed by atoms with van der Waals surface area (Å²) in [4.78, 5) is 0. The molecule has 0 aliphatic rings. The largest absolute Gasteiger partial charge is 0.206 e. The normalized spacial score (nSPS) is 10.1. The predicted octanol–water partition coefficient (Wildman–Crippen LogP) is 3.53. The van der Waals surface area contributed by atoms with Gasteiger partial charge in [-0.25, -0.2) is 4.39 Å². The Morgan fingerprint density at radius 1 is 1.36 bits per heavy atom. The van der Waals surface area contributed by atoms with Crippen LogP contribution in [0.4, 0.5) is 4.39 Å². The molecule has 11 heavy (non-hydrogen) atoms. The number of hydrogen-bond acceptors (Lipinski definition) is 0. The van der Waals surface area contributed by atoms with E-state index in [9.17, 15) is 4.39 Å². The van der Waals surface area contributed by atoms with E-state index in [-0.39, 0.29) is 5.82 Å². The number of alkyl halides is 1. The van der Waals surface area contributed by atoms with E-state index in [1.165, 1.54) is 6.07 Å². The topological polar surface area (TPSA) is 0 Å². The van der Waals surface area contributed by atoms with Crippen molar-refractivity contribution in [1.29, 1.82) is 0 Å². The van der Waals surface area contributed by atoms with Gasteiger partial charge in [-0.1, -0.05) is 28.1 Å². The molecule has 1 aromatic carbocycles. The molecule has 0 bridgehead atoms. The minimum absolute atomic E-state index is 0.191. The fraction of sp³-hybridized carbons (Fsp3) is 0.250. The van der Waals surface area contributed by atoms with Gasteiger partial charge in [-0.05, 0) is 34.0 Å². The molecule has 0 saturated heterocycles. The van der Waals surface area contributed by atoms with Gasteiger partial charge in [-0.3, -0.25) is 0 Å². The van der Waals surface area contributed by atoms with Crippen LogP contribution < -0.4 is 0 Å². The average Bonchev–Trinajstić information content (AvgIpc) is 1.99. The van der Waals surface area contributed by atoms with E-state index >= 15 is 0 Å². The van der Waals surface area contributed by atoms with E-state index in [2.05, 4.69) is 31.9 Å². The molecule has 0 aliphatic heterocycles. The number of aryl methyl sites for hydroxylation is 1. The SMILES string of the molecule is Fc1cccc(CCBr)c1Br. The van der Waals surface area contributed by atoms with E-state index in [4.69, 9.17) is 0 Å². The zero-order valence-corrected chi connectivity index (χ0v) is 8.95. The van der Waals surface area contributed by atoms with Gasteiger partial charge in [0.15, 0.2) is 0 Å². The van der Waals surface area contributed by atoms with E-state index in [0.29, 0.717) is 4.47 Å². The summed E-state index contributed by atoms with van der Waals surface area (Å²) in [5.74, 6) is -0.191. The van der Waals surface area contributed by atoms with Crippen LogP contribution in [0.3, 0.4) is 0 Å². The molecule has 0 atom stereocenters. The van der Waals surface area contributed by atoms with Crippen LogP contribution in [0.25, 0.3) is 0 Å². The first kappa shape index (κ1) is 9.20. The first-order valence-corrected chi connectivity index (χ1v) is 5.16. The van der Waals surface area contributed by atoms with Gasteiger partial charge < -0.3 is 0 Å². The van der Waals surface area contributed by atoms with Crippen molar-refractivity contribution in [1.82, 2.24) is 0 Å². The first-order chi connectivity index (χ1) is 5.25. The van der Waals surface area contributed by atoms with Crippen LogP contribution in [-0.2, 0) is 6.42 Å². The van der Waals surface area contributed by atoms with Crippen molar-refractivity contribution < 1.29 is 4.39 Å². The Bertz CT molecular complexity index is 248. The predicted molar refractivity (Wildman–Crippen MR) is 51.6 cm³/mol. The summed E-state index contributed by atoms with van der Waals surface area (Å²) in [7, 11) is 0. The van der Waals surface area contributed by atoms with Gasteiger partial charge in [0, 0.05) is 5.33 Å². The first-order valence-electron chi connectivity index (χ1n) is 3.24. The molecule has 0 N–H and O–H groups in total. The van der Waals surface area contributed by atoms with Gasteiger partial charge in [0.2, 0.25) is 0 Å². The Balaban J connectivity index is 2.96. The zero-order chi connectivity index (χ0) is 8.27. The molecule has 0 amide bonds. The molecule has 0 aromatic heterocycles. The van der Waals surface area contributed by atoms with Gasteiger partial charge in [0.25, 0.3) is 0 Å². The van der Waals surface area contributed by atoms with Crippen LogP contribution in [0.15, 0.2) is 22.7 Å². The second kappa shape index (κ2) is 4.21. The van der Waals surface area contributed by atoms with E-state index < -0.39 is 0 Å². The minimum atomic E-state index is -0.191. The maximum atomic E-state index is 12.8. The van der Waals surface area contributed by atoms with Gasteiger partial charge in [0.1, 0.15) is 5.82 Å². The van der Waals surface area contributed by atoms with Crippen molar-refractivity contribution in [3.63, 3.8) is 0 Å². The standard InChI is InChI=1S/C8H7Br2F/c9-5-4-6-2-1-3-7(11)8(6)10/h1-3H,4-5H2. The highest BCUT2D eigenvalue weighted by Gasteiger charge is 2.02. The lowest BCUT2D eigenvalue weighted by atomic mass is 10.2. The highest BCUT2D eigenvalue weighted by molar-refractivity contribution is 9.10. The number of rotatable bonds is 2. The molecule has 0 nitrogen and oxygen atoms in total. The second-order valence-corrected chi connectivity index (χ2v) is 3.74. The highest BCUT2D eigenvalue weighted by atomic mass is 79.9. The lowest BCUT2D eigenvalue weighted by molar-refractivity contribution is 0.618. The van der Waals surface area contributed by atoms with Crippen molar-refractivity contribution in [3.8, 4) is 0 Å². The third kappa shape index (κ3) is 2.27. The lowest BCUT2D eigenvalue weighted by Gasteiger charge is -2.01. The van der Waals surface area contributed by atoms with Crippen LogP contribution in [0, 0.1) is 5.82 Å². The van der Waals surface area contributed by atoms with E-state index in [0.717, 1.165) is 17.3 Å². The third-order valence-electron chi connectivity index (χ3n) is 1.40. The van der Waals surface area contributed by atoms with Crippen molar-refractivity contribution in [2.75, 3.05) is 5.33 Å². The van der Waals surface area contributed by atoms with E-state index in [1.807, 2.05) is 6.07 Å². The number of hydrogen-bond donors (Lipinski definition) is 0. The summed E-state index contributed by atoms with van der Waals surface area (Å²) in [5.41, 5.74) is 1.00. The number of benzene rings is 1. The molecule has 0 radical (unpaired) electrons. The van der Waals surface area contributed by atoms with Gasteiger partial charge in [-0.15, -0.1) is 0 Å². The molecule has 60 valence electrons. The fourth-order valence-corrected chi connectivity index (χ4v) is 1.73. The Kier molecular flexibility index (Phi) is 3.52. The summed E-state index contributed by atoms with van der Waals surface area (Å²) < 4.78 is 13.4. The summed E-state index contributed by atoms with van der Waals surface area (Å²) >= 11 is 6.49. The molecule has 1 rings (SSSR count). The molecule has 3 heteroatoms. The van der Waals surface area contributed by atoms with Crippen molar-refractivity contribution in [2.24, 2.45) is 0 Å². The molecule has 0 saturated carbocycles. The summed E-state index contributed by atoms with van der Waals surface area (Å²) in [5, 5.41) is 0.856. The van der Waals surface area contributed by atoms with Crippen LogP contribution >= 0.6 is 31.9 Å². The molecular formula is C8H7Br2F. The minimum Gasteiger partial charge on any atom is -0.206 e. The Morgan fingerprint density at radius 2 is 2.09 bits per heavy atom. The van der Waals surface area contributed by atoms with Crippen LogP contribution in [0.5, 0.6) is 0 Å². The highest BCUT2D eigenvalue weighted by Crippen LogP contribution is 2.20. The summed E-state index contributed by atoms with van der Waals surface area (Å²) in [6, 6.07) is 5.08. The molecule has 0 fully saturated rings. The molecule has 0 unspecified atom stereocenters. The average molecular weight is 282 g/mol. The maximum absolute atomic E-state index is 12.8. The third-order valence-corrected chi connectivity index (χ3v) is 2.68. The summed E-state index contributed by atoms with van der Waals surface area (Å²) in [6.07, 6.45) is 0.846. The molecule has 1 aromatic rings. The molecule has 0 heterocycles. The van der Waals surface area contributed by atoms with E-state index in [1.54, 1.807) is 6.07 Å². The van der Waals surface area contributed by atoms with Gasteiger partial charge >= 0.3 is 0 Å². The fourth-order valence-electron chi connectivity index (χ4n) is 0.843. The van der Waals surface area contributed by atoms with Gasteiger partial charge in [0.05, 0.1) is 4.47 Å². The van der Waals surface area contributed by atoms with Crippen LogP contribution in [0.2, 0.25) is 0 Å². The van der Waals surface area contributed by atoms with Crippen molar-refractivity contribution >= 4 is 31.9 Å². The zero-order valence-electron chi connectivity index (χ0n) is 5.78. The second-order valence-electron chi connectivity index (χ2n) is 2.15. The van der Waals surface area contributed by atoms with Gasteiger partial charge in [-0.2, -0.15) is 0 Å². The monoisotopic (exact) mass is 280 g/mol. The molecular weight excluding hydrogens is 275 g/mol. The Labute approximate surface area is 82.1 Å². The number of halogens is 3.